The van der Waals surface area contributed by atoms with Crippen molar-refractivity contribution in [2.75, 3.05) is 0 Å². The molecule has 0 saturated heterocycles. The molecule has 0 spiro atoms. The molecular weight excluding hydrogens is 170 g/mol. The minimum Gasteiger partial charge on any atom is -0.447 e. The molecule has 0 aliphatic rings. The van der Waals surface area contributed by atoms with Gasteiger partial charge >= 0.3 is 6.08 Å². The van der Waals surface area contributed by atoms with Gasteiger partial charge in [0.05, 0.1) is 6.61 Å². The molecule has 0 amide bonds. The summed E-state index contributed by atoms with van der Waals surface area (Å²) in [5, 5.41) is 8.72. The van der Waals surface area contributed by atoms with Gasteiger partial charge in [-0.15, -0.1) is 0 Å². The van der Waals surface area contributed by atoms with E-state index < -0.39 is 0 Å². The summed E-state index contributed by atoms with van der Waals surface area (Å²) >= 11 is 0. The van der Waals surface area contributed by atoms with E-state index in [1.807, 2.05) is 6.92 Å². The van der Waals surface area contributed by atoms with Crippen LogP contribution < -0.4 is 4.74 Å². The molecule has 74 valence electrons. The van der Waals surface area contributed by atoms with Crippen LogP contribution in [0.1, 0.15) is 26.5 Å². The van der Waals surface area contributed by atoms with E-state index >= 15 is 0 Å². The van der Waals surface area contributed by atoms with Crippen LogP contribution in [-0.4, -0.2) is 16.2 Å². The summed E-state index contributed by atoms with van der Waals surface area (Å²) < 4.78 is 10.4. The van der Waals surface area contributed by atoms with Crippen LogP contribution in [0.5, 0.6) is 6.08 Å². The van der Waals surface area contributed by atoms with E-state index in [9.17, 15) is 0 Å². The summed E-state index contributed by atoms with van der Waals surface area (Å²) in [5.74, 6) is 0.407. The highest BCUT2D eigenvalue weighted by Crippen LogP contribution is 2.14. The molecule has 1 unspecified atom stereocenters. The Kier molecular flexibility index (Phi) is 3.31. The molecule has 0 radical (unpaired) electrons. The van der Waals surface area contributed by atoms with Crippen LogP contribution in [0.15, 0.2) is 10.7 Å². The normalized spacial score (nSPS) is 13.3. The van der Waals surface area contributed by atoms with E-state index in [0.717, 1.165) is 0 Å². The van der Waals surface area contributed by atoms with E-state index in [1.54, 1.807) is 0 Å². The number of hydrogen-bond acceptors (Lipinski definition) is 4. The standard InChI is InChI=1S/C9H15NO3/c1-6(2)7(3)13-9-10-8(4-11)5-12-9/h5-7,11H,4H2,1-3H3. The van der Waals surface area contributed by atoms with Crippen molar-refractivity contribution in [1.29, 1.82) is 0 Å². The lowest BCUT2D eigenvalue weighted by Crippen LogP contribution is -2.18. The number of oxazole rings is 1. The lowest BCUT2D eigenvalue weighted by Gasteiger charge is -2.14. The Labute approximate surface area is 77.5 Å². The highest BCUT2D eigenvalue weighted by molar-refractivity contribution is 4.98. The molecule has 0 aromatic carbocycles. The summed E-state index contributed by atoms with van der Waals surface area (Å²) in [6.45, 7) is 5.94. The molecular formula is C9H15NO3. The lowest BCUT2D eigenvalue weighted by molar-refractivity contribution is 0.123. The molecule has 0 aliphatic carbocycles. The molecule has 13 heavy (non-hydrogen) atoms. The molecule has 1 N–H and O–H groups in total. The van der Waals surface area contributed by atoms with Crippen LogP contribution in [0.4, 0.5) is 0 Å². The van der Waals surface area contributed by atoms with Gasteiger partial charge in [0.1, 0.15) is 18.1 Å². The van der Waals surface area contributed by atoms with Crippen LogP contribution in [0.2, 0.25) is 0 Å². The first kappa shape index (κ1) is 10.1. The van der Waals surface area contributed by atoms with Crippen LogP contribution in [0.3, 0.4) is 0 Å². The SMILES string of the molecule is CC(C)C(C)Oc1nc(CO)co1. The Bertz CT molecular complexity index is 257. The summed E-state index contributed by atoms with van der Waals surface area (Å²) in [6, 6.07) is 0. The summed E-state index contributed by atoms with van der Waals surface area (Å²) in [4.78, 5) is 3.91. The van der Waals surface area contributed by atoms with E-state index in [2.05, 4.69) is 18.8 Å². The summed E-state index contributed by atoms with van der Waals surface area (Å²) in [6.07, 6.45) is 1.68. The molecule has 0 saturated carbocycles. The van der Waals surface area contributed by atoms with Crippen molar-refractivity contribution in [1.82, 2.24) is 4.98 Å². The Morgan fingerprint density at radius 2 is 2.23 bits per heavy atom. The van der Waals surface area contributed by atoms with Crippen molar-refractivity contribution >= 4 is 0 Å². The first-order chi connectivity index (χ1) is 6.13. The van der Waals surface area contributed by atoms with E-state index in [0.29, 0.717) is 11.6 Å². The summed E-state index contributed by atoms with van der Waals surface area (Å²) in [5.41, 5.74) is 0.492. The molecule has 0 aliphatic heterocycles. The van der Waals surface area contributed by atoms with Crippen molar-refractivity contribution in [2.45, 2.75) is 33.5 Å². The van der Waals surface area contributed by atoms with Gasteiger partial charge in [-0.3, -0.25) is 0 Å². The number of aromatic nitrogens is 1. The Balaban J connectivity index is 2.53. The van der Waals surface area contributed by atoms with Gasteiger partial charge in [-0.1, -0.05) is 13.8 Å². The van der Waals surface area contributed by atoms with Crippen molar-refractivity contribution in [3.05, 3.63) is 12.0 Å². The third-order valence-corrected chi connectivity index (χ3v) is 1.92. The van der Waals surface area contributed by atoms with Crippen LogP contribution >= 0.6 is 0 Å². The predicted octanol–water partition coefficient (Wildman–Crippen LogP) is 1.59. The number of aliphatic hydroxyl groups excluding tert-OH is 1. The Hall–Kier alpha value is -1.03. The number of ether oxygens (including phenoxy) is 1. The molecule has 1 rings (SSSR count). The van der Waals surface area contributed by atoms with E-state index in [-0.39, 0.29) is 18.8 Å². The van der Waals surface area contributed by atoms with Crippen molar-refractivity contribution in [3.8, 4) is 6.08 Å². The van der Waals surface area contributed by atoms with Gasteiger partial charge in [0.25, 0.3) is 0 Å². The Morgan fingerprint density at radius 3 is 2.69 bits per heavy atom. The Morgan fingerprint density at radius 1 is 1.54 bits per heavy atom. The minimum absolute atomic E-state index is 0.0604. The molecule has 4 heteroatoms. The maximum Gasteiger partial charge on any atom is 0.394 e. The topological polar surface area (TPSA) is 55.5 Å². The molecule has 1 aromatic rings. The number of hydrogen-bond donors (Lipinski definition) is 1. The molecule has 1 atom stereocenters. The van der Waals surface area contributed by atoms with Gasteiger partial charge in [-0.05, 0) is 12.8 Å². The maximum atomic E-state index is 8.72. The van der Waals surface area contributed by atoms with Crippen molar-refractivity contribution in [3.63, 3.8) is 0 Å². The third kappa shape index (κ3) is 2.73. The molecule has 0 bridgehead atoms. The van der Waals surface area contributed by atoms with Gasteiger partial charge in [-0.2, -0.15) is 4.98 Å². The first-order valence-electron chi connectivity index (χ1n) is 4.35. The quantitative estimate of drug-likeness (QED) is 0.773. The highest BCUT2D eigenvalue weighted by atomic mass is 16.6. The smallest absolute Gasteiger partial charge is 0.394 e. The van der Waals surface area contributed by atoms with Gasteiger partial charge in [0.2, 0.25) is 0 Å². The first-order valence-corrected chi connectivity index (χ1v) is 4.35. The highest BCUT2D eigenvalue weighted by Gasteiger charge is 2.12. The second-order valence-corrected chi connectivity index (χ2v) is 3.33. The zero-order valence-corrected chi connectivity index (χ0v) is 8.15. The van der Waals surface area contributed by atoms with Gasteiger partial charge in [-0.25, -0.2) is 0 Å². The second kappa shape index (κ2) is 4.28. The number of rotatable bonds is 4. The van der Waals surface area contributed by atoms with Gasteiger partial charge in [0, 0.05) is 0 Å². The molecule has 0 fully saturated rings. The molecule has 1 heterocycles. The number of nitrogens with zero attached hydrogens (tertiary/aromatic N) is 1. The maximum absolute atomic E-state index is 8.72. The van der Waals surface area contributed by atoms with Gasteiger partial charge < -0.3 is 14.3 Å². The van der Waals surface area contributed by atoms with Crippen LogP contribution in [0, 0.1) is 5.92 Å². The third-order valence-electron chi connectivity index (χ3n) is 1.92. The minimum atomic E-state index is -0.122. The fourth-order valence-corrected chi connectivity index (χ4v) is 0.710. The van der Waals surface area contributed by atoms with Gasteiger partial charge in [0.15, 0.2) is 0 Å². The fourth-order valence-electron chi connectivity index (χ4n) is 0.710. The van der Waals surface area contributed by atoms with E-state index in [1.165, 1.54) is 6.26 Å². The van der Waals surface area contributed by atoms with Crippen LogP contribution in [0.25, 0.3) is 0 Å². The fraction of sp³-hybridized carbons (Fsp3) is 0.667. The average molecular weight is 185 g/mol. The summed E-state index contributed by atoms with van der Waals surface area (Å²) in [7, 11) is 0. The predicted molar refractivity (Wildman–Crippen MR) is 47.4 cm³/mol. The zero-order valence-electron chi connectivity index (χ0n) is 8.15. The zero-order chi connectivity index (χ0) is 9.84. The monoisotopic (exact) mass is 185 g/mol. The van der Waals surface area contributed by atoms with E-state index in [4.69, 9.17) is 14.3 Å². The lowest BCUT2D eigenvalue weighted by atomic mass is 10.1. The second-order valence-electron chi connectivity index (χ2n) is 3.33. The number of aliphatic hydroxyl groups is 1. The van der Waals surface area contributed by atoms with Crippen LogP contribution in [-0.2, 0) is 6.61 Å². The average Bonchev–Trinajstić information content (AvgIpc) is 2.52. The van der Waals surface area contributed by atoms with Crippen molar-refractivity contribution < 1.29 is 14.3 Å². The largest absolute Gasteiger partial charge is 0.447 e. The molecule has 4 nitrogen and oxygen atoms in total. The molecule has 1 aromatic heterocycles. The van der Waals surface area contributed by atoms with Crippen molar-refractivity contribution in [2.24, 2.45) is 5.92 Å².